The van der Waals surface area contributed by atoms with Gasteiger partial charge in [-0.1, -0.05) is 6.07 Å². The summed E-state index contributed by atoms with van der Waals surface area (Å²) < 4.78 is 5.29. The molecule has 7 heteroatoms. The zero-order valence-electron chi connectivity index (χ0n) is 14.4. The molecule has 1 aliphatic rings. The first-order valence-electron chi connectivity index (χ1n) is 8.69. The maximum Gasteiger partial charge on any atom is 0.228 e. The van der Waals surface area contributed by atoms with E-state index in [1.807, 2.05) is 46.3 Å². The quantitative estimate of drug-likeness (QED) is 0.773. The average molecular weight is 352 g/mol. The zero-order chi connectivity index (χ0) is 17.9. The Balaban J connectivity index is 1.30. The lowest BCUT2D eigenvalue weighted by Crippen LogP contribution is -2.51. The molecule has 134 valence electrons. The van der Waals surface area contributed by atoms with E-state index >= 15 is 0 Å². The molecule has 0 spiro atoms. The van der Waals surface area contributed by atoms with Crippen LogP contribution in [0.4, 0.5) is 0 Å². The number of aromatic nitrogens is 2. The number of nitrogens with zero attached hydrogens (tertiary/aromatic N) is 3. The third-order valence-corrected chi connectivity index (χ3v) is 4.74. The van der Waals surface area contributed by atoms with Crippen LogP contribution in [0.1, 0.15) is 11.3 Å². The topological polar surface area (TPSA) is 82.4 Å². The molecule has 3 aromatic rings. The van der Waals surface area contributed by atoms with Crippen LogP contribution < -0.4 is 0 Å². The number of hydrogen-bond donors (Lipinski definition) is 1. The van der Waals surface area contributed by atoms with E-state index in [2.05, 4.69) is 9.97 Å². The van der Waals surface area contributed by atoms with Gasteiger partial charge in [0.05, 0.1) is 12.8 Å². The Hall–Kier alpha value is -3.09. The highest BCUT2D eigenvalue weighted by atomic mass is 16.3. The molecule has 0 radical (unpaired) electrons. The number of rotatable bonds is 4. The van der Waals surface area contributed by atoms with Gasteiger partial charge < -0.3 is 19.2 Å². The second-order valence-electron chi connectivity index (χ2n) is 6.46. The number of nitrogens with one attached hydrogen (secondary N) is 1. The summed E-state index contributed by atoms with van der Waals surface area (Å²) in [6.07, 6.45) is 3.92. The van der Waals surface area contributed by atoms with E-state index in [1.54, 1.807) is 0 Å². The molecule has 4 rings (SSSR count). The molecular weight excluding hydrogens is 332 g/mol. The number of amides is 2. The SMILES string of the molecule is O=C(Cc1ccc2ncoc2c1)N1CCN(C(=O)Cc2ccc[nH]2)CC1. The summed E-state index contributed by atoms with van der Waals surface area (Å²) in [6, 6.07) is 9.41. The summed E-state index contributed by atoms with van der Waals surface area (Å²) in [4.78, 5) is 35.6. The minimum absolute atomic E-state index is 0.0698. The van der Waals surface area contributed by atoms with Crippen LogP contribution in [0.3, 0.4) is 0 Å². The highest BCUT2D eigenvalue weighted by Crippen LogP contribution is 2.16. The normalized spacial score (nSPS) is 14.8. The minimum Gasteiger partial charge on any atom is -0.443 e. The lowest BCUT2D eigenvalue weighted by atomic mass is 10.1. The van der Waals surface area contributed by atoms with E-state index in [9.17, 15) is 9.59 Å². The van der Waals surface area contributed by atoms with Gasteiger partial charge in [0.25, 0.3) is 0 Å². The predicted octanol–water partition coefficient (Wildman–Crippen LogP) is 1.61. The number of aromatic amines is 1. The van der Waals surface area contributed by atoms with Crippen molar-refractivity contribution < 1.29 is 14.0 Å². The van der Waals surface area contributed by atoms with Crippen molar-refractivity contribution in [3.05, 3.63) is 54.2 Å². The molecular formula is C19H20N4O3. The molecule has 0 unspecified atom stereocenters. The van der Waals surface area contributed by atoms with Crippen LogP contribution in [0.2, 0.25) is 0 Å². The van der Waals surface area contributed by atoms with Crippen molar-refractivity contribution in [3.8, 4) is 0 Å². The Kier molecular flexibility index (Phi) is 4.43. The fraction of sp³-hybridized carbons (Fsp3) is 0.316. The monoisotopic (exact) mass is 352 g/mol. The van der Waals surface area contributed by atoms with Gasteiger partial charge in [-0.25, -0.2) is 4.98 Å². The molecule has 2 aromatic heterocycles. The summed E-state index contributed by atoms with van der Waals surface area (Å²) in [5.41, 5.74) is 3.30. The van der Waals surface area contributed by atoms with E-state index in [0.717, 1.165) is 16.8 Å². The number of hydrogen-bond acceptors (Lipinski definition) is 4. The van der Waals surface area contributed by atoms with Gasteiger partial charge in [-0.05, 0) is 29.8 Å². The van der Waals surface area contributed by atoms with Crippen LogP contribution in [0.5, 0.6) is 0 Å². The van der Waals surface area contributed by atoms with Crippen molar-refractivity contribution >= 4 is 22.9 Å². The third-order valence-electron chi connectivity index (χ3n) is 4.74. The fourth-order valence-corrected chi connectivity index (χ4v) is 3.25. The van der Waals surface area contributed by atoms with Crippen LogP contribution in [0, 0.1) is 0 Å². The molecule has 0 saturated carbocycles. The molecule has 2 amide bonds. The second-order valence-corrected chi connectivity index (χ2v) is 6.46. The Morgan fingerprint density at radius 3 is 2.46 bits per heavy atom. The lowest BCUT2D eigenvalue weighted by molar-refractivity contribution is -0.138. The third kappa shape index (κ3) is 3.46. The van der Waals surface area contributed by atoms with Crippen LogP contribution in [0.25, 0.3) is 11.1 Å². The van der Waals surface area contributed by atoms with Gasteiger partial charge in [0.2, 0.25) is 11.8 Å². The summed E-state index contributed by atoms with van der Waals surface area (Å²) in [6.45, 7) is 2.29. The van der Waals surface area contributed by atoms with Crippen molar-refractivity contribution in [1.29, 1.82) is 0 Å². The Morgan fingerprint density at radius 1 is 1.04 bits per heavy atom. The average Bonchev–Trinajstić information content (AvgIpc) is 3.33. The number of benzene rings is 1. The van der Waals surface area contributed by atoms with Crippen molar-refractivity contribution in [3.63, 3.8) is 0 Å². The maximum atomic E-state index is 12.5. The summed E-state index contributed by atoms with van der Waals surface area (Å²) in [5.74, 6) is 0.163. The number of H-pyrrole nitrogens is 1. The molecule has 0 aliphatic carbocycles. The first kappa shape index (κ1) is 16.4. The van der Waals surface area contributed by atoms with E-state index in [1.165, 1.54) is 6.39 Å². The molecule has 1 saturated heterocycles. The fourth-order valence-electron chi connectivity index (χ4n) is 3.25. The zero-order valence-corrected chi connectivity index (χ0v) is 14.4. The number of fused-ring (bicyclic) bond motifs is 1. The molecule has 1 aromatic carbocycles. The summed E-state index contributed by atoms with van der Waals surface area (Å²) >= 11 is 0. The predicted molar refractivity (Wildman–Crippen MR) is 95.4 cm³/mol. The molecule has 26 heavy (non-hydrogen) atoms. The van der Waals surface area contributed by atoms with Gasteiger partial charge in [-0.2, -0.15) is 0 Å². The Morgan fingerprint density at radius 2 is 1.77 bits per heavy atom. The van der Waals surface area contributed by atoms with Crippen molar-refractivity contribution in [2.75, 3.05) is 26.2 Å². The van der Waals surface area contributed by atoms with E-state index in [0.29, 0.717) is 44.6 Å². The highest BCUT2D eigenvalue weighted by molar-refractivity contribution is 5.82. The standard InChI is InChI=1S/C19H20N4O3/c24-18(11-14-3-4-16-17(10-14)26-13-21-16)22-6-8-23(9-7-22)19(25)12-15-2-1-5-20-15/h1-5,10,13,20H,6-9,11-12H2. The summed E-state index contributed by atoms with van der Waals surface area (Å²) in [5, 5.41) is 0. The largest absolute Gasteiger partial charge is 0.443 e. The van der Waals surface area contributed by atoms with Crippen LogP contribution >= 0.6 is 0 Å². The number of carbonyl (C=O) groups excluding carboxylic acids is 2. The van der Waals surface area contributed by atoms with E-state index in [4.69, 9.17) is 4.42 Å². The van der Waals surface area contributed by atoms with Crippen LogP contribution in [-0.4, -0.2) is 57.8 Å². The molecule has 1 N–H and O–H groups in total. The molecule has 1 aliphatic heterocycles. The first-order chi connectivity index (χ1) is 12.7. The second kappa shape index (κ2) is 7.03. The smallest absolute Gasteiger partial charge is 0.228 e. The lowest BCUT2D eigenvalue weighted by Gasteiger charge is -2.35. The molecule has 0 atom stereocenters. The first-order valence-corrected chi connectivity index (χ1v) is 8.69. The van der Waals surface area contributed by atoms with Gasteiger partial charge in [-0.15, -0.1) is 0 Å². The van der Waals surface area contributed by atoms with Gasteiger partial charge in [0.15, 0.2) is 12.0 Å². The van der Waals surface area contributed by atoms with Crippen LogP contribution in [0.15, 0.2) is 47.3 Å². The van der Waals surface area contributed by atoms with E-state index in [-0.39, 0.29) is 11.8 Å². The van der Waals surface area contributed by atoms with Gasteiger partial charge in [-0.3, -0.25) is 9.59 Å². The number of carbonyl (C=O) groups is 2. The van der Waals surface area contributed by atoms with Crippen molar-refractivity contribution in [1.82, 2.24) is 19.8 Å². The Labute approximate surface area is 150 Å². The maximum absolute atomic E-state index is 12.5. The number of piperazine rings is 1. The van der Waals surface area contributed by atoms with E-state index < -0.39 is 0 Å². The molecule has 3 heterocycles. The molecule has 7 nitrogen and oxygen atoms in total. The Bertz CT molecular complexity index is 908. The van der Waals surface area contributed by atoms with Gasteiger partial charge >= 0.3 is 0 Å². The minimum atomic E-state index is 0.0698. The number of oxazole rings is 1. The van der Waals surface area contributed by atoms with Gasteiger partial charge in [0, 0.05) is 38.1 Å². The van der Waals surface area contributed by atoms with Crippen LogP contribution in [-0.2, 0) is 22.4 Å². The van der Waals surface area contributed by atoms with Crippen molar-refractivity contribution in [2.24, 2.45) is 0 Å². The summed E-state index contributed by atoms with van der Waals surface area (Å²) in [7, 11) is 0. The van der Waals surface area contributed by atoms with Crippen molar-refractivity contribution in [2.45, 2.75) is 12.8 Å². The molecule has 0 bridgehead atoms. The highest BCUT2D eigenvalue weighted by Gasteiger charge is 2.24. The van der Waals surface area contributed by atoms with Gasteiger partial charge in [0.1, 0.15) is 5.52 Å². The molecule has 1 fully saturated rings.